The minimum absolute atomic E-state index is 0.156. The number of aromatic nitrogens is 1. The van der Waals surface area contributed by atoms with Crippen LogP contribution in [0.1, 0.15) is 6.92 Å². The van der Waals surface area contributed by atoms with Crippen molar-refractivity contribution < 1.29 is 5.11 Å². The van der Waals surface area contributed by atoms with Crippen LogP contribution >= 0.6 is 0 Å². The highest BCUT2D eigenvalue weighted by molar-refractivity contribution is 6.13. The second-order valence-electron chi connectivity index (χ2n) is 5.15. The van der Waals surface area contributed by atoms with E-state index >= 15 is 0 Å². The van der Waals surface area contributed by atoms with Gasteiger partial charge in [0.2, 0.25) is 5.43 Å². The van der Waals surface area contributed by atoms with Crippen LogP contribution in [0.5, 0.6) is 0 Å². The second-order valence-corrected chi connectivity index (χ2v) is 5.15. The van der Waals surface area contributed by atoms with Crippen molar-refractivity contribution in [2.45, 2.75) is 6.92 Å². The molecule has 2 aromatic heterocycles. The molecular weight excluding hydrogens is 266 g/mol. The summed E-state index contributed by atoms with van der Waals surface area (Å²) in [6.45, 7) is 1.36. The average Bonchev–Trinajstić information content (AvgIpc) is 2.80. The number of hydrogen-bond acceptors (Lipinski definition) is 3. The molecule has 0 saturated carbocycles. The molecule has 2 aromatic carbocycles. The fourth-order valence-electron chi connectivity index (χ4n) is 3.08. The molecule has 2 heterocycles. The van der Waals surface area contributed by atoms with Gasteiger partial charge >= 0.3 is 0 Å². The second kappa shape index (κ2) is 3.82. The standard InChI is InChI=1S/C17H11NO3/c1-9(19)14-16(20)12-7-4-6-11-10-5-2-3-8-13(10)18(15(11)12)17(14)21/h2-8,19H,1H3/b14-9+. The first-order valence-electron chi connectivity index (χ1n) is 6.62. The molecular formula is C17H11NO3. The first-order valence-corrected chi connectivity index (χ1v) is 6.62. The molecule has 4 rings (SSSR count). The summed E-state index contributed by atoms with van der Waals surface area (Å²) in [5.74, 6) is -0.245. The predicted molar refractivity (Wildman–Crippen MR) is 83.1 cm³/mol. The fraction of sp³-hybridized carbons (Fsp3) is 0.0588. The van der Waals surface area contributed by atoms with Crippen LogP contribution in [0, 0.1) is 0 Å². The molecule has 102 valence electrons. The Labute approximate surface area is 118 Å². The zero-order valence-electron chi connectivity index (χ0n) is 11.3. The van der Waals surface area contributed by atoms with Gasteiger partial charge in [0.05, 0.1) is 11.0 Å². The molecule has 0 aliphatic rings. The monoisotopic (exact) mass is 277 g/mol. The van der Waals surface area contributed by atoms with Crippen LogP contribution in [-0.4, -0.2) is 9.51 Å². The highest BCUT2D eigenvalue weighted by atomic mass is 16.3. The molecule has 0 spiro atoms. The van der Waals surface area contributed by atoms with E-state index in [0.29, 0.717) is 10.9 Å². The summed E-state index contributed by atoms with van der Waals surface area (Å²) in [5, 5.41) is 11.8. The molecule has 4 nitrogen and oxygen atoms in total. The van der Waals surface area contributed by atoms with Gasteiger partial charge in [0.15, 0.2) is 0 Å². The SMILES string of the molecule is C/C(O)=c1/c(=O)c2cccc3c4ccccc4n(c1=O)c23. The smallest absolute Gasteiger partial charge is 0.270 e. The van der Waals surface area contributed by atoms with Crippen molar-refractivity contribution in [1.29, 1.82) is 0 Å². The highest BCUT2D eigenvalue weighted by Gasteiger charge is 2.17. The van der Waals surface area contributed by atoms with E-state index in [2.05, 4.69) is 0 Å². The number of nitrogens with zero attached hydrogens (tertiary/aromatic N) is 1. The van der Waals surface area contributed by atoms with E-state index in [9.17, 15) is 14.7 Å². The van der Waals surface area contributed by atoms with Gasteiger partial charge in [0, 0.05) is 16.2 Å². The Kier molecular flexibility index (Phi) is 2.17. The van der Waals surface area contributed by atoms with E-state index in [4.69, 9.17) is 0 Å². The number of benzene rings is 2. The number of aliphatic hydroxyl groups is 1. The van der Waals surface area contributed by atoms with Gasteiger partial charge in [-0.25, -0.2) is 0 Å². The Morgan fingerprint density at radius 1 is 0.952 bits per heavy atom. The van der Waals surface area contributed by atoms with Crippen LogP contribution in [0.2, 0.25) is 0 Å². The largest absolute Gasteiger partial charge is 0.512 e. The summed E-state index contributed by atoms with van der Waals surface area (Å²) in [7, 11) is 0. The lowest BCUT2D eigenvalue weighted by molar-refractivity contribution is 0.497. The first-order chi connectivity index (χ1) is 10.1. The molecule has 0 aliphatic carbocycles. The van der Waals surface area contributed by atoms with Gasteiger partial charge in [0.25, 0.3) is 5.56 Å². The van der Waals surface area contributed by atoms with Gasteiger partial charge in [0.1, 0.15) is 11.0 Å². The fourth-order valence-corrected chi connectivity index (χ4v) is 3.08. The maximum atomic E-state index is 12.7. The summed E-state index contributed by atoms with van der Waals surface area (Å²) < 4.78 is 1.52. The van der Waals surface area contributed by atoms with E-state index in [1.807, 2.05) is 30.3 Å². The Hall–Kier alpha value is -2.88. The Morgan fingerprint density at radius 3 is 2.38 bits per heavy atom. The topological polar surface area (TPSA) is 58.8 Å². The molecule has 0 atom stereocenters. The predicted octanol–water partition coefficient (Wildman–Crippen LogP) is 1.81. The molecule has 0 fully saturated rings. The molecule has 1 N–H and O–H groups in total. The molecule has 0 aliphatic heterocycles. The van der Waals surface area contributed by atoms with E-state index < -0.39 is 11.0 Å². The number of pyridine rings is 1. The van der Waals surface area contributed by atoms with Gasteiger partial charge in [-0.1, -0.05) is 30.3 Å². The molecule has 0 bridgehead atoms. The maximum absolute atomic E-state index is 12.7. The van der Waals surface area contributed by atoms with Gasteiger partial charge in [-0.15, -0.1) is 0 Å². The van der Waals surface area contributed by atoms with Crippen LogP contribution in [0.25, 0.3) is 33.0 Å². The summed E-state index contributed by atoms with van der Waals surface area (Å²) in [6, 6.07) is 12.9. The van der Waals surface area contributed by atoms with E-state index in [1.54, 1.807) is 12.1 Å². The minimum atomic E-state index is -0.468. The van der Waals surface area contributed by atoms with E-state index in [-0.39, 0.29) is 11.0 Å². The highest BCUT2D eigenvalue weighted by Crippen LogP contribution is 2.28. The summed E-state index contributed by atoms with van der Waals surface area (Å²) >= 11 is 0. The van der Waals surface area contributed by atoms with Crippen molar-refractivity contribution in [3.63, 3.8) is 0 Å². The molecule has 4 heteroatoms. The van der Waals surface area contributed by atoms with Crippen LogP contribution in [-0.2, 0) is 0 Å². The average molecular weight is 277 g/mol. The molecule has 0 amide bonds. The zero-order chi connectivity index (χ0) is 14.7. The van der Waals surface area contributed by atoms with Crippen LogP contribution < -0.4 is 16.2 Å². The normalized spacial score (nSPS) is 13.4. The Morgan fingerprint density at radius 2 is 1.62 bits per heavy atom. The van der Waals surface area contributed by atoms with Crippen molar-refractivity contribution in [2.75, 3.05) is 0 Å². The van der Waals surface area contributed by atoms with Crippen molar-refractivity contribution in [1.82, 2.24) is 4.40 Å². The minimum Gasteiger partial charge on any atom is -0.512 e. The van der Waals surface area contributed by atoms with Crippen LogP contribution in [0.15, 0.2) is 52.1 Å². The van der Waals surface area contributed by atoms with Crippen molar-refractivity contribution in [3.05, 3.63) is 68.3 Å². The quantitative estimate of drug-likeness (QED) is 0.533. The van der Waals surface area contributed by atoms with Crippen molar-refractivity contribution in [3.8, 4) is 0 Å². The summed E-state index contributed by atoms with van der Waals surface area (Å²) in [4.78, 5) is 25.1. The molecule has 0 saturated heterocycles. The Bertz CT molecular complexity index is 1180. The summed E-state index contributed by atoms with van der Waals surface area (Å²) in [5.41, 5.74) is 0.487. The molecule has 0 unspecified atom stereocenters. The number of fused-ring (bicyclic) bond motifs is 3. The van der Waals surface area contributed by atoms with Gasteiger partial charge < -0.3 is 5.11 Å². The summed E-state index contributed by atoms with van der Waals surface area (Å²) in [6.07, 6.45) is 0. The zero-order valence-corrected chi connectivity index (χ0v) is 11.3. The van der Waals surface area contributed by atoms with Gasteiger partial charge in [-0.2, -0.15) is 0 Å². The number of para-hydroxylation sites is 2. The van der Waals surface area contributed by atoms with Crippen LogP contribution in [0.3, 0.4) is 0 Å². The third-order valence-electron chi connectivity index (χ3n) is 3.95. The van der Waals surface area contributed by atoms with Gasteiger partial charge in [-0.05, 0) is 19.1 Å². The molecule has 0 radical (unpaired) electrons. The lowest BCUT2D eigenvalue weighted by Crippen LogP contribution is -2.43. The first kappa shape index (κ1) is 11.9. The third-order valence-corrected chi connectivity index (χ3v) is 3.95. The van der Waals surface area contributed by atoms with E-state index in [1.165, 1.54) is 11.3 Å². The van der Waals surface area contributed by atoms with Crippen molar-refractivity contribution >= 4 is 33.0 Å². The maximum Gasteiger partial charge on any atom is 0.270 e. The third kappa shape index (κ3) is 1.34. The molecule has 21 heavy (non-hydrogen) atoms. The lowest BCUT2D eigenvalue weighted by Gasteiger charge is -2.00. The van der Waals surface area contributed by atoms with E-state index in [0.717, 1.165) is 16.3 Å². The lowest BCUT2D eigenvalue weighted by atomic mass is 10.1. The van der Waals surface area contributed by atoms with Crippen molar-refractivity contribution in [2.24, 2.45) is 0 Å². The van der Waals surface area contributed by atoms with Crippen LogP contribution in [0.4, 0.5) is 0 Å². The van der Waals surface area contributed by atoms with Gasteiger partial charge in [-0.3, -0.25) is 14.0 Å². The number of hydrogen-bond donors (Lipinski definition) is 1. The molecule has 4 aromatic rings. The number of rotatable bonds is 0. The number of aliphatic hydroxyl groups excluding tert-OH is 1. The Balaban J connectivity index is 2.60.